The van der Waals surface area contributed by atoms with Gasteiger partial charge in [0.25, 0.3) is 0 Å². The molecule has 5 nitrogen and oxygen atoms in total. The van der Waals surface area contributed by atoms with Gasteiger partial charge in [0.15, 0.2) is 0 Å². The van der Waals surface area contributed by atoms with E-state index < -0.39 is 0 Å². The Morgan fingerprint density at radius 2 is 1.71 bits per heavy atom. The van der Waals surface area contributed by atoms with E-state index in [4.69, 9.17) is 4.42 Å². The lowest BCUT2D eigenvalue weighted by molar-refractivity contribution is -0.131. The molecule has 1 aromatic heterocycles. The Hall–Kier alpha value is -2.04. The van der Waals surface area contributed by atoms with Crippen molar-refractivity contribution in [3.8, 4) is 0 Å². The third kappa shape index (κ3) is 4.50. The maximum Gasteiger partial charge on any atom is 0.249 e. The molecule has 2 saturated heterocycles. The van der Waals surface area contributed by atoms with Crippen LogP contribution in [0.1, 0.15) is 56.9 Å². The summed E-state index contributed by atoms with van der Waals surface area (Å²) in [6.45, 7) is 3.55. The van der Waals surface area contributed by atoms with E-state index in [-0.39, 0.29) is 11.8 Å². The highest BCUT2D eigenvalue weighted by Gasteiger charge is 2.31. The van der Waals surface area contributed by atoms with Gasteiger partial charge in [-0.3, -0.25) is 9.59 Å². The maximum atomic E-state index is 12.6. The molecular weight excluding hydrogens is 352 g/mol. The van der Waals surface area contributed by atoms with Crippen molar-refractivity contribution in [1.29, 1.82) is 0 Å². The zero-order valence-corrected chi connectivity index (χ0v) is 16.8. The molecule has 3 heterocycles. The topological polar surface area (TPSA) is 53.8 Å². The van der Waals surface area contributed by atoms with Gasteiger partial charge in [0.05, 0.1) is 18.9 Å². The average Bonchev–Trinajstić information content (AvgIpc) is 3.38. The van der Waals surface area contributed by atoms with Crippen LogP contribution in [0.3, 0.4) is 0 Å². The molecule has 28 heavy (non-hydrogen) atoms. The number of amides is 2. The van der Waals surface area contributed by atoms with Crippen LogP contribution in [-0.4, -0.2) is 47.8 Å². The molecule has 3 aliphatic rings. The second kappa shape index (κ2) is 8.97. The van der Waals surface area contributed by atoms with E-state index in [0.29, 0.717) is 18.3 Å². The molecule has 4 rings (SSSR count). The summed E-state index contributed by atoms with van der Waals surface area (Å²) in [5.74, 6) is 1.89. The number of carbonyl (C=O) groups is 2. The van der Waals surface area contributed by atoms with Gasteiger partial charge in [-0.25, -0.2) is 0 Å². The second-order valence-corrected chi connectivity index (χ2v) is 8.63. The highest BCUT2D eigenvalue weighted by atomic mass is 16.3. The summed E-state index contributed by atoms with van der Waals surface area (Å²) in [5.41, 5.74) is 2.00. The Morgan fingerprint density at radius 1 is 0.964 bits per heavy atom. The van der Waals surface area contributed by atoms with Crippen LogP contribution in [-0.2, 0) is 16.0 Å². The van der Waals surface area contributed by atoms with Gasteiger partial charge in [-0.2, -0.15) is 0 Å². The first-order valence-electron chi connectivity index (χ1n) is 11.0. The SMILES string of the molecule is O=C(Cc1ccoc1)N1CCCC(C2CCN(C(=O)C3=CCCC3)CC2)CC1. The molecule has 1 unspecified atom stereocenters. The van der Waals surface area contributed by atoms with E-state index in [2.05, 4.69) is 11.0 Å². The summed E-state index contributed by atoms with van der Waals surface area (Å²) in [5, 5.41) is 0. The molecule has 5 heteroatoms. The first-order chi connectivity index (χ1) is 13.7. The number of likely N-dealkylation sites (tertiary alicyclic amines) is 2. The molecular formula is C23H32N2O3. The minimum absolute atomic E-state index is 0.215. The lowest BCUT2D eigenvalue weighted by atomic mass is 9.80. The van der Waals surface area contributed by atoms with Crippen molar-refractivity contribution in [2.75, 3.05) is 26.2 Å². The fourth-order valence-corrected chi connectivity index (χ4v) is 5.16. The van der Waals surface area contributed by atoms with Crippen molar-refractivity contribution in [3.63, 3.8) is 0 Å². The number of nitrogens with zero attached hydrogens (tertiary/aromatic N) is 2. The molecule has 0 N–H and O–H groups in total. The minimum atomic E-state index is 0.215. The van der Waals surface area contributed by atoms with Gasteiger partial charge in [0, 0.05) is 31.8 Å². The lowest BCUT2D eigenvalue weighted by Gasteiger charge is -2.36. The molecule has 2 amide bonds. The van der Waals surface area contributed by atoms with Crippen LogP contribution in [0.4, 0.5) is 0 Å². The highest BCUT2D eigenvalue weighted by Crippen LogP contribution is 2.33. The van der Waals surface area contributed by atoms with Crippen molar-refractivity contribution in [3.05, 3.63) is 35.8 Å². The summed E-state index contributed by atoms with van der Waals surface area (Å²) in [7, 11) is 0. The van der Waals surface area contributed by atoms with Gasteiger partial charge in [0.2, 0.25) is 11.8 Å². The first-order valence-corrected chi connectivity index (χ1v) is 11.0. The van der Waals surface area contributed by atoms with E-state index in [1.54, 1.807) is 12.5 Å². The predicted molar refractivity (Wildman–Crippen MR) is 108 cm³/mol. The van der Waals surface area contributed by atoms with Crippen LogP contribution in [0.15, 0.2) is 34.7 Å². The number of hydrogen-bond acceptors (Lipinski definition) is 3. The number of rotatable bonds is 4. The van der Waals surface area contributed by atoms with Crippen molar-refractivity contribution in [1.82, 2.24) is 9.80 Å². The van der Waals surface area contributed by atoms with Gasteiger partial charge in [-0.05, 0) is 74.8 Å². The maximum absolute atomic E-state index is 12.6. The number of allylic oxidation sites excluding steroid dienone is 1. The fraction of sp³-hybridized carbons (Fsp3) is 0.652. The lowest BCUT2D eigenvalue weighted by Crippen LogP contribution is -2.40. The normalized spacial score (nSPS) is 24.1. The van der Waals surface area contributed by atoms with Crippen LogP contribution in [0.2, 0.25) is 0 Å². The molecule has 0 spiro atoms. The van der Waals surface area contributed by atoms with Crippen molar-refractivity contribution in [2.45, 2.75) is 57.8 Å². The molecule has 2 aliphatic heterocycles. The molecule has 0 radical (unpaired) electrons. The number of piperidine rings is 1. The summed E-state index contributed by atoms with van der Waals surface area (Å²) < 4.78 is 5.08. The van der Waals surface area contributed by atoms with Crippen molar-refractivity contribution >= 4 is 11.8 Å². The highest BCUT2D eigenvalue weighted by molar-refractivity contribution is 5.93. The molecule has 1 aliphatic carbocycles. The summed E-state index contributed by atoms with van der Waals surface area (Å²) in [6.07, 6.45) is 14.7. The molecule has 152 valence electrons. The average molecular weight is 385 g/mol. The van der Waals surface area contributed by atoms with Gasteiger partial charge < -0.3 is 14.2 Å². The van der Waals surface area contributed by atoms with Gasteiger partial charge in [-0.15, -0.1) is 0 Å². The van der Waals surface area contributed by atoms with Crippen LogP contribution in [0.5, 0.6) is 0 Å². The summed E-state index contributed by atoms with van der Waals surface area (Å²) in [6, 6.07) is 1.87. The molecule has 0 bridgehead atoms. The summed E-state index contributed by atoms with van der Waals surface area (Å²) >= 11 is 0. The molecule has 0 saturated carbocycles. The largest absolute Gasteiger partial charge is 0.472 e. The standard InChI is InChI=1S/C23H32N2O3/c26-22(16-18-10-15-28-17-18)24-11-3-6-19(7-12-24)20-8-13-25(14-9-20)23(27)21-4-1-2-5-21/h4,10,15,17,19-20H,1-3,5-9,11-14,16H2. The van der Waals surface area contributed by atoms with E-state index in [9.17, 15) is 9.59 Å². The Morgan fingerprint density at radius 3 is 2.39 bits per heavy atom. The van der Waals surface area contributed by atoms with E-state index in [1.165, 1.54) is 6.42 Å². The van der Waals surface area contributed by atoms with Crippen LogP contribution in [0.25, 0.3) is 0 Å². The fourth-order valence-electron chi connectivity index (χ4n) is 5.16. The zero-order chi connectivity index (χ0) is 19.3. The zero-order valence-electron chi connectivity index (χ0n) is 16.8. The molecule has 2 fully saturated rings. The quantitative estimate of drug-likeness (QED) is 0.793. The molecule has 1 atom stereocenters. The predicted octanol–water partition coefficient (Wildman–Crippen LogP) is 3.80. The Bertz CT molecular complexity index is 701. The number of carbonyl (C=O) groups excluding carboxylic acids is 2. The Labute approximate surface area is 167 Å². The van der Waals surface area contributed by atoms with Gasteiger partial charge in [-0.1, -0.05) is 6.08 Å². The number of hydrogen-bond donors (Lipinski definition) is 0. The molecule has 0 aromatic carbocycles. The van der Waals surface area contributed by atoms with Crippen LogP contribution < -0.4 is 0 Å². The Kier molecular flexibility index (Phi) is 6.18. The van der Waals surface area contributed by atoms with Gasteiger partial charge >= 0.3 is 0 Å². The third-order valence-corrected chi connectivity index (χ3v) is 6.87. The first kappa shape index (κ1) is 19.3. The smallest absolute Gasteiger partial charge is 0.249 e. The van der Waals surface area contributed by atoms with E-state index in [0.717, 1.165) is 82.3 Å². The number of furan rings is 1. The van der Waals surface area contributed by atoms with E-state index in [1.807, 2.05) is 11.0 Å². The van der Waals surface area contributed by atoms with Crippen LogP contribution in [0, 0.1) is 11.8 Å². The molecule has 1 aromatic rings. The monoisotopic (exact) mass is 384 g/mol. The van der Waals surface area contributed by atoms with E-state index >= 15 is 0 Å². The van der Waals surface area contributed by atoms with Crippen LogP contribution >= 0.6 is 0 Å². The second-order valence-electron chi connectivity index (χ2n) is 8.63. The van der Waals surface area contributed by atoms with Gasteiger partial charge in [0.1, 0.15) is 0 Å². The Balaban J connectivity index is 1.25. The van der Waals surface area contributed by atoms with Crippen molar-refractivity contribution < 1.29 is 14.0 Å². The minimum Gasteiger partial charge on any atom is -0.472 e. The summed E-state index contributed by atoms with van der Waals surface area (Å²) in [4.78, 5) is 29.3. The third-order valence-electron chi connectivity index (χ3n) is 6.87. The van der Waals surface area contributed by atoms with Crippen molar-refractivity contribution in [2.24, 2.45) is 11.8 Å².